The number of carbonyl (C=O) groups excluding carboxylic acids is 1. The summed E-state index contributed by atoms with van der Waals surface area (Å²) in [4.78, 5) is 30.9. The molecule has 0 radical (unpaired) electrons. The zero-order valence-corrected chi connectivity index (χ0v) is 17.4. The number of aromatic amines is 1. The van der Waals surface area contributed by atoms with E-state index in [9.17, 15) is 9.59 Å². The van der Waals surface area contributed by atoms with Crippen LogP contribution in [-0.4, -0.2) is 26.9 Å². The summed E-state index contributed by atoms with van der Waals surface area (Å²) in [6.07, 6.45) is 3.93. The third kappa shape index (κ3) is 3.90. The van der Waals surface area contributed by atoms with Gasteiger partial charge < -0.3 is 9.88 Å². The highest BCUT2D eigenvalue weighted by molar-refractivity contribution is 7.71. The maximum atomic E-state index is 13.1. The number of hydrogen-bond acceptors (Lipinski definition) is 3. The first-order valence-corrected chi connectivity index (χ1v) is 10.6. The quantitative estimate of drug-likeness (QED) is 0.502. The second-order valence-corrected chi connectivity index (χ2v) is 7.99. The van der Waals surface area contributed by atoms with Crippen LogP contribution in [0.15, 0.2) is 47.3 Å². The number of H-pyrrole nitrogens is 1. The van der Waals surface area contributed by atoms with Crippen LogP contribution in [0.5, 0.6) is 0 Å². The summed E-state index contributed by atoms with van der Waals surface area (Å²) in [5.74, 6) is -0.0205. The molecule has 0 saturated carbocycles. The summed E-state index contributed by atoms with van der Waals surface area (Å²) < 4.78 is 2.03. The monoisotopic (exact) mass is 407 g/mol. The SMILES string of the molecule is CCCCCn1c(=S)[nH]c2cc(C(=O)N3CCc4ccccc4C3)ccc2c1=O. The lowest BCUT2D eigenvalue weighted by Crippen LogP contribution is -2.36. The molecule has 0 spiro atoms. The maximum absolute atomic E-state index is 13.1. The molecule has 1 aliphatic heterocycles. The highest BCUT2D eigenvalue weighted by atomic mass is 32.1. The Bertz CT molecular complexity index is 1180. The standard InChI is InChI=1S/C23H25N3O2S/c1-2-3-6-12-26-22(28)19-10-9-17(14-20(19)24-23(26)29)21(27)25-13-11-16-7-4-5-8-18(16)15-25/h4-5,7-10,14H,2-3,6,11-13,15H2,1H3,(H,24,29). The number of carbonyl (C=O) groups is 1. The Balaban J connectivity index is 1.62. The van der Waals surface area contributed by atoms with Gasteiger partial charge in [0.25, 0.3) is 11.5 Å². The summed E-state index contributed by atoms with van der Waals surface area (Å²) in [5.41, 5.74) is 3.61. The van der Waals surface area contributed by atoms with E-state index in [1.54, 1.807) is 22.8 Å². The fourth-order valence-corrected chi connectivity index (χ4v) is 4.25. The van der Waals surface area contributed by atoms with Crippen molar-refractivity contribution in [3.05, 3.63) is 74.3 Å². The van der Waals surface area contributed by atoms with E-state index in [4.69, 9.17) is 12.2 Å². The van der Waals surface area contributed by atoms with Gasteiger partial charge >= 0.3 is 0 Å². The molecule has 0 atom stereocenters. The van der Waals surface area contributed by atoms with Crippen LogP contribution in [0.2, 0.25) is 0 Å². The van der Waals surface area contributed by atoms with Gasteiger partial charge in [-0.15, -0.1) is 0 Å². The van der Waals surface area contributed by atoms with Crippen molar-refractivity contribution in [3.8, 4) is 0 Å². The molecular weight excluding hydrogens is 382 g/mol. The van der Waals surface area contributed by atoms with Gasteiger partial charge in [0.15, 0.2) is 4.77 Å². The van der Waals surface area contributed by atoms with Crippen molar-refractivity contribution in [2.75, 3.05) is 6.54 Å². The minimum Gasteiger partial charge on any atom is -0.334 e. The third-order valence-electron chi connectivity index (χ3n) is 5.63. The summed E-state index contributed by atoms with van der Waals surface area (Å²) in [5, 5.41) is 0.565. The number of rotatable bonds is 5. The van der Waals surface area contributed by atoms with Gasteiger partial charge in [-0.3, -0.25) is 14.2 Å². The lowest BCUT2D eigenvalue weighted by Gasteiger charge is -2.29. The number of nitrogens with zero attached hydrogens (tertiary/aromatic N) is 2. The van der Waals surface area contributed by atoms with Crippen LogP contribution in [0, 0.1) is 4.77 Å². The Kier molecular flexibility index (Phi) is 5.62. The second kappa shape index (κ2) is 8.33. The molecule has 3 aromatic rings. The lowest BCUT2D eigenvalue weighted by atomic mass is 9.99. The highest BCUT2D eigenvalue weighted by Gasteiger charge is 2.22. The van der Waals surface area contributed by atoms with E-state index >= 15 is 0 Å². The number of fused-ring (bicyclic) bond motifs is 2. The number of aromatic nitrogens is 2. The molecule has 5 nitrogen and oxygen atoms in total. The molecule has 1 aliphatic rings. The maximum Gasteiger partial charge on any atom is 0.262 e. The molecule has 1 N–H and O–H groups in total. The van der Waals surface area contributed by atoms with Crippen molar-refractivity contribution in [3.63, 3.8) is 0 Å². The number of nitrogens with one attached hydrogen (secondary N) is 1. The van der Waals surface area contributed by atoms with Crippen LogP contribution >= 0.6 is 12.2 Å². The Morgan fingerprint density at radius 1 is 1.14 bits per heavy atom. The topological polar surface area (TPSA) is 58.1 Å². The molecule has 1 amide bonds. The number of benzene rings is 2. The molecule has 0 unspecified atom stereocenters. The number of hydrogen-bond donors (Lipinski definition) is 1. The van der Waals surface area contributed by atoms with Crippen LogP contribution in [0.25, 0.3) is 10.9 Å². The molecule has 0 fully saturated rings. The Hall–Kier alpha value is -2.73. The van der Waals surface area contributed by atoms with Crippen LogP contribution in [-0.2, 0) is 19.5 Å². The van der Waals surface area contributed by atoms with E-state index in [0.29, 0.717) is 40.9 Å². The molecule has 1 aromatic heterocycles. The van der Waals surface area contributed by atoms with Gasteiger partial charge in [0, 0.05) is 25.2 Å². The largest absolute Gasteiger partial charge is 0.334 e. The predicted molar refractivity (Wildman–Crippen MR) is 118 cm³/mol. The fraction of sp³-hybridized carbons (Fsp3) is 0.348. The zero-order chi connectivity index (χ0) is 20.4. The van der Waals surface area contributed by atoms with E-state index in [2.05, 4.69) is 24.0 Å². The van der Waals surface area contributed by atoms with Gasteiger partial charge in [-0.05, 0) is 54.4 Å². The van der Waals surface area contributed by atoms with Crippen molar-refractivity contribution in [1.29, 1.82) is 0 Å². The van der Waals surface area contributed by atoms with Crippen LogP contribution in [0.3, 0.4) is 0 Å². The Labute approximate surface area is 175 Å². The molecule has 2 aromatic carbocycles. The van der Waals surface area contributed by atoms with Crippen molar-refractivity contribution in [2.45, 2.75) is 45.7 Å². The minimum atomic E-state index is -0.0919. The molecule has 4 rings (SSSR count). The third-order valence-corrected chi connectivity index (χ3v) is 5.95. The molecular formula is C23H25N3O2S. The summed E-state index contributed by atoms with van der Waals surface area (Å²) >= 11 is 5.41. The van der Waals surface area contributed by atoms with Gasteiger partial charge in [-0.2, -0.15) is 0 Å². The van der Waals surface area contributed by atoms with Crippen LogP contribution in [0.4, 0.5) is 0 Å². The summed E-state index contributed by atoms with van der Waals surface area (Å²) in [7, 11) is 0. The van der Waals surface area contributed by atoms with Gasteiger partial charge in [-0.1, -0.05) is 44.0 Å². The van der Waals surface area contributed by atoms with Gasteiger partial charge in [-0.25, -0.2) is 0 Å². The first kappa shape index (κ1) is 19.6. The molecule has 29 heavy (non-hydrogen) atoms. The van der Waals surface area contributed by atoms with E-state index in [-0.39, 0.29) is 11.5 Å². The van der Waals surface area contributed by atoms with Gasteiger partial charge in [0.05, 0.1) is 10.9 Å². The van der Waals surface area contributed by atoms with Gasteiger partial charge in [0.1, 0.15) is 0 Å². The summed E-state index contributed by atoms with van der Waals surface area (Å²) in [6, 6.07) is 13.5. The van der Waals surface area contributed by atoms with E-state index in [0.717, 1.165) is 25.7 Å². The first-order valence-electron chi connectivity index (χ1n) is 10.2. The Morgan fingerprint density at radius 3 is 2.72 bits per heavy atom. The second-order valence-electron chi connectivity index (χ2n) is 7.60. The molecule has 150 valence electrons. The normalized spacial score (nSPS) is 13.5. The molecule has 6 heteroatoms. The molecule has 2 heterocycles. The summed E-state index contributed by atoms with van der Waals surface area (Å²) in [6.45, 7) is 4.06. The minimum absolute atomic E-state index is 0.0205. The smallest absolute Gasteiger partial charge is 0.262 e. The molecule has 0 aliphatic carbocycles. The van der Waals surface area contributed by atoms with E-state index in [1.807, 2.05) is 17.0 Å². The van der Waals surface area contributed by atoms with Crippen molar-refractivity contribution in [2.24, 2.45) is 0 Å². The van der Waals surface area contributed by atoms with Gasteiger partial charge in [0.2, 0.25) is 0 Å². The highest BCUT2D eigenvalue weighted by Crippen LogP contribution is 2.21. The van der Waals surface area contributed by atoms with Crippen LogP contribution < -0.4 is 5.56 Å². The van der Waals surface area contributed by atoms with E-state index < -0.39 is 0 Å². The van der Waals surface area contributed by atoms with Crippen LogP contribution in [0.1, 0.15) is 47.7 Å². The molecule has 0 saturated heterocycles. The lowest BCUT2D eigenvalue weighted by molar-refractivity contribution is 0.0735. The van der Waals surface area contributed by atoms with E-state index in [1.165, 1.54) is 11.1 Å². The zero-order valence-electron chi connectivity index (χ0n) is 16.6. The average Bonchev–Trinajstić information content (AvgIpc) is 2.74. The average molecular weight is 408 g/mol. The van der Waals surface area contributed by atoms with Crippen molar-refractivity contribution in [1.82, 2.24) is 14.5 Å². The fourth-order valence-electron chi connectivity index (χ4n) is 3.96. The van der Waals surface area contributed by atoms with Crippen molar-refractivity contribution < 1.29 is 4.79 Å². The number of amides is 1. The Morgan fingerprint density at radius 2 is 1.93 bits per heavy atom. The predicted octanol–water partition coefficient (Wildman–Crippen LogP) is 4.45. The van der Waals surface area contributed by atoms with Crippen molar-refractivity contribution >= 4 is 29.0 Å². The number of unbranched alkanes of at least 4 members (excludes halogenated alkanes) is 2. The first-order chi connectivity index (χ1) is 14.1. The molecule has 0 bridgehead atoms.